The Labute approximate surface area is 151 Å². The van der Waals surface area contributed by atoms with Gasteiger partial charge in [-0.2, -0.15) is 9.97 Å². The normalized spacial score (nSPS) is 10.7. The van der Waals surface area contributed by atoms with E-state index in [4.69, 9.17) is 9.47 Å². The van der Waals surface area contributed by atoms with Gasteiger partial charge in [-0.15, -0.1) is 0 Å². The van der Waals surface area contributed by atoms with Crippen molar-refractivity contribution in [3.8, 4) is 11.8 Å². The van der Waals surface area contributed by atoms with Crippen LogP contribution in [0.25, 0.3) is 11.2 Å². The molecule has 2 N–H and O–H groups in total. The van der Waals surface area contributed by atoms with Crippen molar-refractivity contribution in [2.24, 2.45) is 0 Å². The molecule has 8 nitrogen and oxygen atoms in total. The number of imidazole rings is 1. The fourth-order valence-electron chi connectivity index (χ4n) is 2.38. The molecule has 0 spiro atoms. The molecule has 0 unspecified atom stereocenters. The van der Waals surface area contributed by atoms with Gasteiger partial charge < -0.3 is 19.8 Å². The molecule has 3 rings (SSSR count). The van der Waals surface area contributed by atoms with Crippen LogP contribution in [-0.4, -0.2) is 32.0 Å². The molecule has 3 aromatic heterocycles. The minimum absolute atomic E-state index is 0.370. The van der Waals surface area contributed by atoms with E-state index in [0.29, 0.717) is 34.6 Å². The summed E-state index contributed by atoms with van der Waals surface area (Å²) < 4.78 is 10.7. The third-order valence-corrected chi connectivity index (χ3v) is 3.61. The Hall–Kier alpha value is -3.16. The average molecular weight is 354 g/mol. The standard InChI is InChI=1S/C18H22N6O2/c1-5-6-7-13-21-15-16(22-13)23-18(24-17(15)26-11(2)3)20-12-8-9-14(25-4)19-10-12/h8-10H,2,5-7H2,1,3-4H3,(H2,20,21,22,23,24). The third kappa shape index (κ3) is 4.08. The van der Waals surface area contributed by atoms with Crippen molar-refractivity contribution in [3.05, 3.63) is 36.5 Å². The highest BCUT2D eigenvalue weighted by atomic mass is 16.5. The second-order valence-corrected chi connectivity index (χ2v) is 5.86. The van der Waals surface area contributed by atoms with Crippen LogP contribution in [0.15, 0.2) is 30.7 Å². The maximum atomic E-state index is 5.67. The van der Waals surface area contributed by atoms with Crippen molar-refractivity contribution in [3.63, 3.8) is 0 Å². The second kappa shape index (κ2) is 7.81. The Morgan fingerprint density at radius 3 is 2.77 bits per heavy atom. The molecule has 0 aromatic carbocycles. The molecular weight excluding hydrogens is 332 g/mol. The van der Waals surface area contributed by atoms with Crippen molar-refractivity contribution < 1.29 is 9.47 Å². The highest BCUT2D eigenvalue weighted by molar-refractivity contribution is 5.78. The predicted molar refractivity (Wildman–Crippen MR) is 99.8 cm³/mol. The zero-order chi connectivity index (χ0) is 18.5. The zero-order valence-electron chi connectivity index (χ0n) is 15.2. The molecular formula is C18H22N6O2. The van der Waals surface area contributed by atoms with Crippen LogP contribution in [0.3, 0.4) is 0 Å². The van der Waals surface area contributed by atoms with Gasteiger partial charge in [-0.05, 0) is 19.4 Å². The number of nitrogens with zero attached hydrogens (tertiary/aromatic N) is 4. The quantitative estimate of drug-likeness (QED) is 0.594. The van der Waals surface area contributed by atoms with Crippen molar-refractivity contribution in [1.82, 2.24) is 24.9 Å². The summed E-state index contributed by atoms with van der Waals surface area (Å²) in [4.78, 5) is 20.9. The van der Waals surface area contributed by atoms with Crippen LogP contribution in [0.5, 0.6) is 11.8 Å². The number of aryl methyl sites for hydroxylation is 1. The summed E-state index contributed by atoms with van der Waals surface area (Å²) in [5, 5.41) is 3.11. The Balaban J connectivity index is 1.94. The summed E-state index contributed by atoms with van der Waals surface area (Å²) in [5.41, 5.74) is 1.94. The highest BCUT2D eigenvalue weighted by Gasteiger charge is 2.14. The lowest BCUT2D eigenvalue weighted by Crippen LogP contribution is -2.01. The summed E-state index contributed by atoms with van der Waals surface area (Å²) >= 11 is 0. The number of aromatic nitrogens is 5. The zero-order valence-corrected chi connectivity index (χ0v) is 15.2. The first-order chi connectivity index (χ1) is 12.6. The summed E-state index contributed by atoms with van der Waals surface area (Å²) in [6.45, 7) is 7.69. The molecule has 136 valence electrons. The molecule has 0 bridgehead atoms. The number of anilines is 2. The molecule has 3 aromatic rings. The molecule has 3 heterocycles. The summed E-state index contributed by atoms with van der Waals surface area (Å²) in [6.07, 6.45) is 4.63. The number of aromatic amines is 1. The molecule has 0 fully saturated rings. The molecule has 0 radical (unpaired) electrons. The van der Waals surface area contributed by atoms with Gasteiger partial charge in [0.25, 0.3) is 0 Å². The number of hydrogen-bond donors (Lipinski definition) is 2. The largest absolute Gasteiger partial charge is 0.481 e. The minimum Gasteiger partial charge on any atom is -0.481 e. The van der Waals surface area contributed by atoms with Crippen LogP contribution in [0.2, 0.25) is 0 Å². The van der Waals surface area contributed by atoms with E-state index < -0.39 is 0 Å². The van der Waals surface area contributed by atoms with Gasteiger partial charge in [-0.1, -0.05) is 19.9 Å². The van der Waals surface area contributed by atoms with Crippen LogP contribution < -0.4 is 14.8 Å². The Bertz CT molecular complexity index is 904. The van der Waals surface area contributed by atoms with Crippen molar-refractivity contribution in [2.45, 2.75) is 33.1 Å². The van der Waals surface area contributed by atoms with Crippen LogP contribution in [0, 0.1) is 0 Å². The van der Waals surface area contributed by atoms with E-state index >= 15 is 0 Å². The topological polar surface area (TPSA) is 97.8 Å². The molecule has 26 heavy (non-hydrogen) atoms. The van der Waals surface area contributed by atoms with E-state index in [0.717, 1.165) is 30.8 Å². The molecule has 0 saturated heterocycles. The SMILES string of the molecule is C=C(C)Oc1nc(Nc2ccc(OC)nc2)nc2nc(CCCC)[nH]c12. The molecule has 8 heteroatoms. The number of hydrogen-bond acceptors (Lipinski definition) is 7. The van der Waals surface area contributed by atoms with E-state index in [-0.39, 0.29) is 0 Å². The molecule has 0 atom stereocenters. The fraction of sp³-hybridized carbons (Fsp3) is 0.333. The number of pyridine rings is 1. The van der Waals surface area contributed by atoms with Gasteiger partial charge in [0, 0.05) is 12.5 Å². The summed E-state index contributed by atoms with van der Waals surface area (Å²) in [7, 11) is 1.57. The number of methoxy groups -OCH3 is 1. The molecule has 0 amide bonds. The maximum Gasteiger partial charge on any atom is 0.250 e. The van der Waals surface area contributed by atoms with Crippen LogP contribution >= 0.6 is 0 Å². The lowest BCUT2D eigenvalue weighted by Gasteiger charge is -2.08. The summed E-state index contributed by atoms with van der Waals surface area (Å²) in [6, 6.07) is 3.58. The number of allylic oxidation sites excluding steroid dienone is 1. The smallest absolute Gasteiger partial charge is 0.250 e. The third-order valence-electron chi connectivity index (χ3n) is 3.61. The lowest BCUT2D eigenvalue weighted by atomic mass is 10.2. The number of unbranched alkanes of at least 4 members (excludes halogenated alkanes) is 1. The number of nitrogens with one attached hydrogen (secondary N) is 2. The average Bonchev–Trinajstić information content (AvgIpc) is 3.03. The van der Waals surface area contributed by atoms with Gasteiger partial charge >= 0.3 is 0 Å². The number of rotatable bonds is 8. The number of fused-ring (bicyclic) bond motifs is 1. The molecule has 0 aliphatic carbocycles. The first kappa shape index (κ1) is 17.7. The van der Waals surface area contributed by atoms with E-state index in [1.165, 1.54) is 0 Å². The second-order valence-electron chi connectivity index (χ2n) is 5.86. The maximum absolute atomic E-state index is 5.67. The number of ether oxygens (including phenoxy) is 2. The predicted octanol–water partition coefficient (Wildman–Crippen LogP) is 3.76. The Kier molecular flexibility index (Phi) is 5.31. The van der Waals surface area contributed by atoms with Gasteiger partial charge in [0.2, 0.25) is 17.7 Å². The minimum atomic E-state index is 0.370. The van der Waals surface area contributed by atoms with E-state index in [1.807, 2.05) is 6.07 Å². The monoisotopic (exact) mass is 354 g/mol. The van der Waals surface area contributed by atoms with Gasteiger partial charge in [-0.3, -0.25) is 0 Å². The van der Waals surface area contributed by atoms with Gasteiger partial charge in [0.15, 0.2) is 5.65 Å². The first-order valence-electron chi connectivity index (χ1n) is 8.46. The summed E-state index contributed by atoms with van der Waals surface area (Å²) in [5.74, 6) is 2.69. The number of H-pyrrole nitrogens is 1. The van der Waals surface area contributed by atoms with Crippen LogP contribution in [0.1, 0.15) is 32.5 Å². The molecule has 0 aliphatic heterocycles. The van der Waals surface area contributed by atoms with Gasteiger partial charge in [0.1, 0.15) is 11.3 Å². The highest BCUT2D eigenvalue weighted by Crippen LogP contribution is 2.25. The van der Waals surface area contributed by atoms with E-state index in [9.17, 15) is 0 Å². The van der Waals surface area contributed by atoms with Crippen molar-refractivity contribution >= 4 is 22.8 Å². The first-order valence-corrected chi connectivity index (χ1v) is 8.46. The van der Waals surface area contributed by atoms with E-state index in [2.05, 4.69) is 43.7 Å². The Morgan fingerprint density at radius 1 is 1.27 bits per heavy atom. The Morgan fingerprint density at radius 2 is 2.12 bits per heavy atom. The lowest BCUT2D eigenvalue weighted by molar-refractivity contribution is 0.398. The van der Waals surface area contributed by atoms with Crippen LogP contribution in [-0.2, 0) is 6.42 Å². The van der Waals surface area contributed by atoms with Gasteiger partial charge in [0.05, 0.1) is 24.8 Å². The van der Waals surface area contributed by atoms with Crippen molar-refractivity contribution in [1.29, 1.82) is 0 Å². The fourth-order valence-corrected chi connectivity index (χ4v) is 2.38. The van der Waals surface area contributed by atoms with E-state index in [1.54, 1.807) is 26.3 Å². The molecule has 0 saturated carbocycles. The molecule has 0 aliphatic rings. The van der Waals surface area contributed by atoms with Crippen LogP contribution in [0.4, 0.5) is 11.6 Å². The van der Waals surface area contributed by atoms with Gasteiger partial charge in [-0.25, -0.2) is 9.97 Å². The van der Waals surface area contributed by atoms with Crippen molar-refractivity contribution in [2.75, 3.05) is 12.4 Å².